The monoisotopic (exact) mass is 216 g/mol. The molecule has 86 valence electrons. The molecule has 0 saturated carbocycles. The van der Waals surface area contributed by atoms with E-state index in [2.05, 4.69) is 50.4 Å². The molecule has 0 fully saturated rings. The fraction of sp³-hybridized carbons (Fsp3) is 0.467. The predicted molar refractivity (Wildman–Crippen MR) is 69.1 cm³/mol. The number of rotatable bonds is 3. The molecule has 1 unspecified atom stereocenters. The van der Waals surface area contributed by atoms with Gasteiger partial charge in [-0.25, -0.2) is 0 Å². The van der Waals surface area contributed by atoms with Gasteiger partial charge in [0.1, 0.15) is 13.1 Å². The van der Waals surface area contributed by atoms with E-state index in [0.717, 1.165) is 6.54 Å². The molecule has 0 bridgehead atoms. The zero-order chi connectivity index (χ0) is 11.4. The molecule has 0 saturated heterocycles. The van der Waals surface area contributed by atoms with Crippen LogP contribution in [-0.4, -0.2) is 24.6 Å². The zero-order valence-corrected chi connectivity index (χ0v) is 10.4. The summed E-state index contributed by atoms with van der Waals surface area (Å²) in [6.45, 7) is 5.94. The third kappa shape index (κ3) is 2.73. The Balaban J connectivity index is 2.07. The third-order valence-corrected chi connectivity index (χ3v) is 3.55. The molecule has 0 N–H and O–H groups in total. The molecule has 1 heteroatoms. The van der Waals surface area contributed by atoms with Gasteiger partial charge >= 0.3 is 0 Å². The molecule has 1 aromatic rings. The topological polar surface area (TPSA) is 0 Å². The van der Waals surface area contributed by atoms with Crippen LogP contribution < -0.4 is 0 Å². The van der Waals surface area contributed by atoms with Gasteiger partial charge in [-0.3, -0.25) is 0 Å². The van der Waals surface area contributed by atoms with Gasteiger partial charge in [0.05, 0.1) is 13.6 Å². The molecule has 0 amide bonds. The number of hydrogen-bond acceptors (Lipinski definition) is 0. The van der Waals surface area contributed by atoms with E-state index in [1.165, 1.54) is 36.0 Å². The highest BCUT2D eigenvalue weighted by atomic mass is 15.3. The lowest BCUT2D eigenvalue weighted by atomic mass is 10.0. The van der Waals surface area contributed by atoms with Gasteiger partial charge in [0.25, 0.3) is 0 Å². The summed E-state index contributed by atoms with van der Waals surface area (Å²) in [5.74, 6) is 0. The van der Waals surface area contributed by atoms with Crippen LogP contribution >= 0.6 is 0 Å². The highest BCUT2D eigenvalue weighted by Crippen LogP contribution is 2.21. The number of likely N-dealkylation sites (N-methyl/N-ethyl adjacent to an activating group) is 1. The van der Waals surface area contributed by atoms with Gasteiger partial charge in [-0.2, -0.15) is 0 Å². The van der Waals surface area contributed by atoms with Crippen molar-refractivity contribution < 1.29 is 4.48 Å². The molecule has 0 aliphatic carbocycles. The molecular weight excluding hydrogens is 194 g/mol. The second kappa shape index (κ2) is 4.84. The van der Waals surface area contributed by atoms with Gasteiger partial charge in [-0.05, 0) is 12.0 Å². The Morgan fingerprint density at radius 2 is 1.94 bits per heavy atom. The first-order chi connectivity index (χ1) is 7.72. The molecular formula is C15H22N+. The maximum atomic E-state index is 2.44. The van der Waals surface area contributed by atoms with Crippen molar-refractivity contribution in [2.45, 2.75) is 26.3 Å². The van der Waals surface area contributed by atoms with Crippen molar-refractivity contribution in [3.63, 3.8) is 0 Å². The van der Waals surface area contributed by atoms with Crippen molar-refractivity contribution in [3.8, 4) is 0 Å². The summed E-state index contributed by atoms with van der Waals surface area (Å²) >= 11 is 0. The minimum absolute atomic E-state index is 1.16. The summed E-state index contributed by atoms with van der Waals surface area (Å²) in [7, 11) is 2.38. The first-order valence-corrected chi connectivity index (χ1v) is 6.27. The minimum atomic E-state index is 1.16. The summed E-state index contributed by atoms with van der Waals surface area (Å²) in [5, 5.41) is 0. The van der Waals surface area contributed by atoms with Gasteiger partial charge in [-0.1, -0.05) is 43.3 Å². The molecule has 1 atom stereocenters. The zero-order valence-electron chi connectivity index (χ0n) is 10.4. The molecule has 0 aromatic heterocycles. The molecule has 0 radical (unpaired) electrons. The summed E-state index contributed by atoms with van der Waals surface area (Å²) in [6, 6.07) is 10.9. The van der Waals surface area contributed by atoms with Crippen LogP contribution in [-0.2, 0) is 6.54 Å². The maximum Gasteiger partial charge on any atom is 0.104 e. The van der Waals surface area contributed by atoms with Crippen molar-refractivity contribution in [2.24, 2.45) is 0 Å². The molecule has 1 aromatic carbocycles. The van der Waals surface area contributed by atoms with Crippen LogP contribution in [0.2, 0.25) is 0 Å². The second-order valence-electron chi connectivity index (χ2n) is 5.15. The van der Waals surface area contributed by atoms with Crippen molar-refractivity contribution >= 4 is 0 Å². The van der Waals surface area contributed by atoms with E-state index in [1.54, 1.807) is 5.57 Å². The largest absolute Gasteiger partial charge is 0.319 e. The lowest BCUT2D eigenvalue weighted by Crippen LogP contribution is -2.47. The van der Waals surface area contributed by atoms with E-state index >= 15 is 0 Å². The van der Waals surface area contributed by atoms with E-state index in [0.29, 0.717) is 0 Å². The van der Waals surface area contributed by atoms with Crippen molar-refractivity contribution in [1.82, 2.24) is 0 Å². The lowest BCUT2D eigenvalue weighted by Gasteiger charge is -2.38. The van der Waals surface area contributed by atoms with Gasteiger partial charge in [0, 0.05) is 12.0 Å². The molecule has 1 heterocycles. The first kappa shape index (κ1) is 11.4. The fourth-order valence-electron chi connectivity index (χ4n) is 2.63. The van der Waals surface area contributed by atoms with E-state index in [-0.39, 0.29) is 0 Å². The van der Waals surface area contributed by atoms with Crippen LogP contribution in [0.3, 0.4) is 0 Å². The Hall–Kier alpha value is -1.08. The normalized spacial score (nSPS) is 25.2. The summed E-state index contributed by atoms with van der Waals surface area (Å²) in [5.41, 5.74) is 3.09. The van der Waals surface area contributed by atoms with E-state index in [4.69, 9.17) is 0 Å². The van der Waals surface area contributed by atoms with Crippen LogP contribution in [0.15, 0.2) is 42.0 Å². The Morgan fingerprint density at radius 1 is 1.19 bits per heavy atom. The second-order valence-corrected chi connectivity index (χ2v) is 5.15. The molecule has 1 aliphatic rings. The van der Waals surface area contributed by atoms with E-state index in [9.17, 15) is 0 Å². The molecule has 2 rings (SSSR count). The fourth-order valence-corrected chi connectivity index (χ4v) is 2.63. The maximum absolute atomic E-state index is 2.44. The number of nitrogens with zero attached hydrogens (tertiary/aromatic N) is 1. The molecule has 16 heavy (non-hydrogen) atoms. The Morgan fingerprint density at radius 3 is 2.62 bits per heavy atom. The number of benzene rings is 1. The van der Waals surface area contributed by atoms with Crippen molar-refractivity contribution in [2.75, 3.05) is 20.1 Å². The Labute approximate surface area is 99.0 Å². The highest BCUT2D eigenvalue weighted by Gasteiger charge is 2.25. The Bertz CT molecular complexity index is 366. The Kier molecular flexibility index (Phi) is 3.45. The van der Waals surface area contributed by atoms with Crippen LogP contribution in [0.1, 0.15) is 25.3 Å². The number of quaternary nitrogens is 1. The molecule has 1 nitrogen and oxygen atoms in total. The van der Waals surface area contributed by atoms with Crippen LogP contribution in [0.5, 0.6) is 0 Å². The summed E-state index contributed by atoms with van der Waals surface area (Å²) in [6.07, 6.45) is 4.89. The molecule has 0 spiro atoms. The van der Waals surface area contributed by atoms with E-state index < -0.39 is 0 Å². The van der Waals surface area contributed by atoms with Gasteiger partial charge in [0.2, 0.25) is 0 Å². The smallest absolute Gasteiger partial charge is 0.104 e. The van der Waals surface area contributed by atoms with Gasteiger partial charge < -0.3 is 4.48 Å². The van der Waals surface area contributed by atoms with Crippen LogP contribution in [0, 0.1) is 0 Å². The minimum Gasteiger partial charge on any atom is -0.319 e. The highest BCUT2D eigenvalue weighted by molar-refractivity contribution is 5.14. The van der Waals surface area contributed by atoms with Gasteiger partial charge in [0.15, 0.2) is 0 Å². The average Bonchev–Trinajstić information content (AvgIpc) is 2.29. The lowest BCUT2D eigenvalue weighted by molar-refractivity contribution is -0.919. The van der Waals surface area contributed by atoms with Crippen LogP contribution in [0.4, 0.5) is 0 Å². The number of hydrogen-bond donors (Lipinski definition) is 0. The first-order valence-electron chi connectivity index (χ1n) is 6.27. The van der Waals surface area contributed by atoms with Crippen molar-refractivity contribution in [3.05, 3.63) is 47.5 Å². The average molecular weight is 216 g/mol. The summed E-state index contributed by atoms with van der Waals surface area (Å²) < 4.78 is 1.17. The van der Waals surface area contributed by atoms with Gasteiger partial charge in [-0.15, -0.1) is 0 Å². The van der Waals surface area contributed by atoms with Crippen molar-refractivity contribution in [1.29, 1.82) is 0 Å². The standard InChI is InChI=1S/C15H22N/c1-3-14-10-7-11-16(2,12-14)13-15-8-5-4-6-9-15/h4-6,8-10H,3,7,11-13H2,1-2H3/q+1. The van der Waals surface area contributed by atoms with E-state index in [1.807, 2.05) is 0 Å². The predicted octanol–water partition coefficient (Wildman–Crippen LogP) is 3.37. The summed E-state index contributed by atoms with van der Waals surface area (Å²) in [4.78, 5) is 0. The van der Waals surface area contributed by atoms with Crippen LogP contribution in [0.25, 0.3) is 0 Å². The quantitative estimate of drug-likeness (QED) is 0.537. The molecule has 1 aliphatic heterocycles. The third-order valence-electron chi connectivity index (χ3n) is 3.55. The SMILES string of the molecule is CCC1=CCC[N+](C)(Cc2ccccc2)C1.